The second-order valence-corrected chi connectivity index (χ2v) is 5.41. The van der Waals surface area contributed by atoms with E-state index in [0.717, 1.165) is 18.7 Å². The molecule has 0 aromatic heterocycles. The Kier molecular flexibility index (Phi) is 4.97. The van der Waals surface area contributed by atoms with Crippen molar-refractivity contribution in [3.8, 4) is 0 Å². The fourth-order valence-electron chi connectivity index (χ4n) is 2.63. The lowest BCUT2D eigenvalue weighted by molar-refractivity contribution is -0.126. The van der Waals surface area contributed by atoms with Gasteiger partial charge < -0.3 is 5.32 Å². The largest absolute Gasteiger partial charge is 0.348 e. The van der Waals surface area contributed by atoms with Crippen LogP contribution in [0.4, 0.5) is 0 Å². The Balaban J connectivity index is 1.89. The van der Waals surface area contributed by atoms with Crippen molar-refractivity contribution in [1.29, 1.82) is 0 Å². The van der Waals surface area contributed by atoms with Crippen molar-refractivity contribution in [2.24, 2.45) is 0 Å². The second kappa shape index (κ2) is 6.71. The number of hydrogen-bond acceptors (Lipinski definition) is 2. The van der Waals surface area contributed by atoms with E-state index in [0.29, 0.717) is 0 Å². The van der Waals surface area contributed by atoms with Gasteiger partial charge in [0.25, 0.3) is 0 Å². The molecule has 0 radical (unpaired) electrons. The van der Waals surface area contributed by atoms with Crippen molar-refractivity contribution >= 4 is 5.91 Å². The minimum Gasteiger partial charge on any atom is -0.348 e. The molecule has 2 rings (SSSR count). The van der Waals surface area contributed by atoms with E-state index >= 15 is 0 Å². The van der Waals surface area contributed by atoms with Crippen LogP contribution in [0.2, 0.25) is 0 Å². The predicted octanol–water partition coefficient (Wildman–Crippen LogP) is 2.74. The summed E-state index contributed by atoms with van der Waals surface area (Å²) in [5.74, 6) is 0.137. The minimum absolute atomic E-state index is 0.0218. The Morgan fingerprint density at radius 1 is 1.11 bits per heavy atom. The maximum absolute atomic E-state index is 12.3. The molecule has 1 saturated heterocycles. The summed E-state index contributed by atoms with van der Waals surface area (Å²) in [5.41, 5.74) is 1.15. The third kappa shape index (κ3) is 3.80. The molecule has 2 unspecified atom stereocenters. The zero-order chi connectivity index (χ0) is 13.7. The van der Waals surface area contributed by atoms with Crippen LogP contribution in [0.15, 0.2) is 30.3 Å². The maximum Gasteiger partial charge on any atom is 0.237 e. The monoisotopic (exact) mass is 260 g/mol. The highest BCUT2D eigenvalue weighted by atomic mass is 16.2. The van der Waals surface area contributed by atoms with E-state index in [2.05, 4.69) is 22.3 Å². The van der Waals surface area contributed by atoms with Gasteiger partial charge in [0.2, 0.25) is 5.91 Å². The summed E-state index contributed by atoms with van der Waals surface area (Å²) >= 11 is 0. The van der Waals surface area contributed by atoms with Gasteiger partial charge in [0.1, 0.15) is 0 Å². The Hall–Kier alpha value is -1.35. The molecule has 19 heavy (non-hydrogen) atoms. The summed E-state index contributed by atoms with van der Waals surface area (Å²) in [6.45, 7) is 6.15. The Morgan fingerprint density at radius 2 is 1.74 bits per heavy atom. The van der Waals surface area contributed by atoms with Crippen molar-refractivity contribution in [3.05, 3.63) is 35.9 Å². The molecule has 3 nitrogen and oxygen atoms in total. The van der Waals surface area contributed by atoms with E-state index in [1.54, 1.807) is 0 Å². The van der Waals surface area contributed by atoms with Crippen LogP contribution in [0.25, 0.3) is 0 Å². The molecule has 0 bridgehead atoms. The molecule has 0 saturated carbocycles. The van der Waals surface area contributed by atoms with Gasteiger partial charge in [-0.3, -0.25) is 9.69 Å². The zero-order valence-corrected chi connectivity index (χ0v) is 11.9. The molecule has 104 valence electrons. The molecule has 1 heterocycles. The quantitative estimate of drug-likeness (QED) is 0.903. The van der Waals surface area contributed by atoms with Crippen molar-refractivity contribution in [3.63, 3.8) is 0 Å². The van der Waals surface area contributed by atoms with Gasteiger partial charge in [0, 0.05) is 0 Å². The molecule has 1 fully saturated rings. The van der Waals surface area contributed by atoms with Crippen LogP contribution in [0.5, 0.6) is 0 Å². The summed E-state index contributed by atoms with van der Waals surface area (Å²) in [5, 5.41) is 3.11. The van der Waals surface area contributed by atoms with Gasteiger partial charge in [0.15, 0.2) is 0 Å². The summed E-state index contributed by atoms with van der Waals surface area (Å²) in [7, 11) is 0. The first-order valence-electron chi connectivity index (χ1n) is 7.28. The molecule has 1 amide bonds. The van der Waals surface area contributed by atoms with Crippen LogP contribution < -0.4 is 5.32 Å². The van der Waals surface area contributed by atoms with Gasteiger partial charge in [-0.25, -0.2) is 0 Å². The van der Waals surface area contributed by atoms with E-state index in [1.807, 2.05) is 32.0 Å². The van der Waals surface area contributed by atoms with E-state index in [4.69, 9.17) is 0 Å². The molecular weight excluding hydrogens is 236 g/mol. The second-order valence-electron chi connectivity index (χ2n) is 5.41. The fraction of sp³-hybridized carbons (Fsp3) is 0.562. The van der Waals surface area contributed by atoms with Crippen LogP contribution in [0.1, 0.15) is 44.7 Å². The van der Waals surface area contributed by atoms with Crippen molar-refractivity contribution in [2.75, 3.05) is 13.1 Å². The lowest BCUT2D eigenvalue weighted by Crippen LogP contribution is -2.47. The lowest BCUT2D eigenvalue weighted by atomic mass is 10.1. The molecule has 1 aliphatic rings. The highest BCUT2D eigenvalue weighted by Gasteiger charge is 2.23. The molecule has 1 aromatic carbocycles. The van der Waals surface area contributed by atoms with Crippen molar-refractivity contribution in [1.82, 2.24) is 10.2 Å². The Bertz CT molecular complexity index is 398. The van der Waals surface area contributed by atoms with Gasteiger partial charge in [-0.15, -0.1) is 0 Å². The highest BCUT2D eigenvalue weighted by Crippen LogP contribution is 2.15. The number of nitrogens with one attached hydrogen (secondary N) is 1. The highest BCUT2D eigenvalue weighted by molar-refractivity contribution is 5.81. The number of rotatable bonds is 4. The van der Waals surface area contributed by atoms with Gasteiger partial charge in [-0.2, -0.15) is 0 Å². The molecule has 0 spiro atoms. The molecule has 1 aromatic rings. The molecule has 1 aliphatic heterocycles. The topological polar surface area (TPSA) is 32.3 Å². The van der Waals surface area contributed by atoms with Crippen LogP contribution in [-0.4, -0.2) is 29.9 Å². The van der Waals surface area contributed by atoms with Gasteiger partial charge in [-0.1, -0.05) is 36.8 Å². The van der Waals surface area contributed by atoms with E-state index in [1.165, 1.54) is 19.3 Å². The zero-order valence-electron chi connectivity index (χ0n) is 11.9. The molecule has 2 atom stereocenters. The summed E-state index contributed by atoms with van der Waals surface area (Å²) in [6.07, 6.45) is 3.73. The fourth-order valence-corrected chi connectivity index (χ4v) is 2.63. The molecule has 3 heteroatoms. The van der Waals surface area contributed by atoms with Gasteiger partial charge in [-0.05, 0) is 45.3 Å². The SMILES string of the molecule is CC(NC(=O)C(C)N1CCCCC1)c1ccccc1. The smallest absolute Gasteiger partial charge is 0.237 e. The third-order valence-corrected chi connectivity index (χ3v) is 3.98. The van der Waals surface area contributed by atoms with E-state index < -0.39 is 0 Å². The third-order valence-electron chi connectivity index (χ3n) is 3.98. The van der Waals surface area contributed by atoms with Crippen LogP contribution >= 0.6 is 0 Å². The van der Waals surface area contributed by atoms with E-state index in [-0.39, 0.29) is 18.0 Å². The number of amides is 1. The summed E-state index contributed by atoms with van der Waals surface area (Å²) in [4.78, 5) is 14.6. The average molecular weight is 260 g/mol. The first kappa shape index (κ1) is 14.1. The average Bonchev–Trinajstić information content (AvgIpc) is 2.48. The number of piperidine rings is 1. The van der Waals surface area contributed by atoms with Gasteiger partial charge >= 0.3 is 0 Å². The molecule has 0 aliphatic carbocycles. The van der Waals surface area contributed by atoms with Crippen LogP contribution in [-0.2, 0) is 4.79 Å². The first-order chi connectivity index (χ1) is 9.18. The van der Waals surface area contributed by atoms with Crippen molar-refractivity contribution in [2.45, 2.75) is 45.2 Å². The number of likely N-dealkylation sites (tertiary alicyclic amines) is 1. The normalized spacial score (nSPS) is 19.7. The number of hydrogen-bond donors (Lipinski definition) is 1. The standard InChI is InChI=1S/C16H24N2O/c1-13(15-9-5-3-6-10-15)17-16(19)14(2)18-11-7-4-8-12-18/h3,5-6,9-10,13-14H,4,7-8,11-12H2,1-2H3,(H,17,19). The van der Waals surface area contributed by atoms with Crippen LogP contribution in [0, 0.1) is 0 Å². The number of carbonyl (C=O) groups excluding carboxylic acids is 1. The number of benzene rings is 1. The Morgan fingerprint density at radius 3 is 2.37 bits per heavy atom. The minimum atomic E-state index is -0.0218. The first-order valence-corrected chi connectivity index (χ1v) is 7.28. The lowest BCUT2D eigenvalue weighted by Gasteiger charge is -2.32. The number of nitrogens with zero attached hydrogens (tertiary/aromatic N) is 1. The molecule has 1 N–H and O–H groups in total. The van der Waals surface area contributed by atoms with Gasteiger partial charge in [0.05, 0.1) is 12.1 Å². The van der Waals surface area contributed by atoms with E-state index in [9.17, 15) is 4.79 Å². The van der Waals surface area contributed by atoms with Crippen LogP contribution in [0.3, 0.4) is 0 Å². The Labute approximate surface area is 116 Å². The maximum atomic E-state index is 12.3. The molecular formula is C16H24N2O. The van der Waals surface area contributed by atoms with Crippen molar-refractivity contribution < 1.29 is 4.79 Å². The predicted molar refractivity (Wildman–Crippen MR) is 77.9 cm³/mol. The summed E-state index contributed by atoms with van der Waals surface area (Å²) in [6, 6.07) is 10.2. The summed E-state index contributed by atoms with van der Waals surface area (Å²) < 4.78 is 0. The number of carbonyl (C=O) groups is 1.